The molecular formula is C18H22N4O3. The predicted octanol–water partition coefficient (Wildman–Crippen LogP) is 1.61. The van der Waals surface area contributed by atoms with E-state index in [4.69, 9.17) is 0 Å². The van der Waals surface area contributed by atoms with Crippen molar-refractivity contribution in [2.24, 2.45) is 7.05 Å². The van der Waals surface area contributed by atoms with Crippen molar-refractivity contribution in [1.29, 1.82) is 0 Å². The van der Waals surface area contributed by atoms with Gasteiger partial charge in [0.25, 0.3) is 11.8 Å². The highest BCUT2D eigenvalue weighted by Gasteiger charge is 2.32. The number of aryl methyl sites for hydroxylation is 2. The second kappa shape index (κ2) is 6.96. The van der Waals surface area contributed by atoms with Gasteiger partial charge in [-0.3, -0.25) is 19.2 Å². The molecule has 2 aromatic rings. The molecule has 25 heavy (non-hydrogen) atoms. The van der Waals surface area contributed by atoms with E-state index in [0.717, 1.165) is 18.4 Å². The second-order valence-corrected chi connectivity index (χ2v) is 6.21. The van der Waals surface area contributed by atoms with Crippen LogP contribution in [0, 0.1) is 0 Å². The molecule has 0 spiro atoms. The van der Waals surface area contributed by atoms with Gasteiger partial charge < -0.3 is 10.4 Å². The molecule has 1 aromatic heterocycles. The normalized spacial score (nSPS) is 17.6. The number of carbonyl (C=O) groups excluding carboxylic acids is 2. The molecular weight excluding hydrogens is 320 g/mol. The van der Waals surface area contributed by atoms with Crippen molar-refractivity contribution >= 4 is 17.6 Å². The molecule has 7 heteroatoms. The van der Waals surface area contributed by atoms with E-state index in [2.05, 4.69) is 10.4 Å². The lowest BCUT2D eigenvalue weighted by Crippen LogP contribution is -2.52. The largest absolute Gasteiger partial charge is 0.507 e. The van der Waals surface area contributed by atoms with Gasteiger partial charge in [-0.25, -0.2) is 0 Å². The molecule has 2 amide bonds. The minimum absolute atomic E-state index is 0.0679. The van der Waals surface area contributed by atoms with Crippen molar-refractivity contribution < 1.29 is 14.7 Å². The summed E-state index contributed by atoms with van der Waals surface area (Å²) in [4.78, 5) is 26.7. The zero-order chi connectivity index (χ0) is 18.0. The van der Waals surface area contributed by atoms with E-state index in [9.17, 15) is 14.7 Å². The van der Waals surface area contributed by atoms with Gasteiger partial charge in [0, 0.05) is 25.9 Å². The molecule has 1 aliphatic heterocycles. The van der Waals surface area contributed by atoms with Crippen molar-refractivity contribution in [2.75, 3.05) is 11.4 Å². The summed E-state index contributed by atoms with van der Waals surface area (Å²) in [6.45, 7) is 2.56. The first kappa shape index (κ1) is 17.0. The number of rotatable bonds is 4. The van der Waals surface area contributed by atoms with Crippen LogP contribution in [0.15, 0.2) is 30.5 Å². The van der Waals surface area contributed by atoms with Gasteiger partial charge in [0.15, 0.2) is 5.82 Å². The number of nitrogens with one attached hydrogen (secondary N) is 1. The smallest absolute Gasteiger partial charge is 0.255 e. The molecule has 1 aliphatic rings. The Morgan fingerprint density at radius 3 is 2.84 bits per heavy atom. The topological polar surface area (TPSA) is 87.5 Å². The summed E-state index contributed by atoms with van der Waals surface area (Å²) in [5, 5.41) is 17.1. The van der Waals surface area contributed by atoms with Crippen LogP contribution in [0.25, 0.3) is 0 Å². The number of anilines is 1. The Morgan fingerprint density at radius 1 is 1.40 bits per heavy atom. The Bertz CT molecular complexity index is 799. The van der Waals surface area contributed by atoms with Crippen LogP contribution in [-0.4, -0.2) is 39.3 Å². The van der Waals surface area contributed by atoms with Crippen molar-refractivity contribution in [3.8, 4) is 5.75 Å². The molecule has 1 fully saturated rings. The SMILES string of the molecule is CCc1ccc(C(=O)N[C@@H]2CCCN(c3ccn(C)n3)C2=O)c(O)c1. The van der Waals surface area contributed by atoms with E-state index in [1.165, 1.54) is 0 Å². The van der Waals surface area contributed by atoms with Crippen LogP contribution < -0.4 is 10.2 Å². The van der Waals surface area contributed by atoms with Crippen molar-refractivity contribution in [2.45, 2.75) is 32.2 Å². The molecule has 1 saturated heterocycles. The summed E-state index contributed by atoms with van der Waals surface area (Å²) in [6.07, 6.45) is 3.89. The van der Waals surface area contributed by atoms with E-state index in [0.29, 0.717) is 18.8 Å². The average Bonchev–Trinajstić information content (AvgIpc) is 3.02. The van der Waals surface area contributed by atoms with Gasteiger partial charge in [-0.05, 0) is 37.0 Å². The lowest BCUT2D eigenvalue weighted by atomic mass is 10.0. The maximum absolute atomic E-state index is 12.7. The van der Waals surface area contributed by atoms with Crippen LogP contribution in [0.2, 0.25) is 0 Å². The van der Waals surface area contributed by atoms with Gasteiger partial charge in [0.05, 0.1) is 5.56 Å². The third-order valence-electron chi connectivity index (χ3n) is 4.44. The molecule has 2 heterocycles. The monoisotopic (exact) mass is 342 g/mol. The van der Waals surface area contributed by atoms with Gasteiger partial charge in [0.1, 0.15) is 11.8 Å². The first-order valence-electron chi connectivity index (χ1n) is 8.43. The minimum Gasteiger partial charge on any atom is -0.507 e. The fourth-order valence-corrected chi connectivity index (χ4v) is 3.01. The highest BCUT2D eigenvalue weighted by Crippen LogP contribution is 2.22. The first-order chi connectivity index (χ1) is 12.0. The molecule has 0 aliphatic carbocycles. The van der Waals surface area contributed by atoms with E-state index in [1.54, 1.807) is 47.1 Å². The maximum Gasteiger partial charge on any atom is 0.255 e. The molecule has 0 saturated carbocycles. The molecule has 0 radical (unpaired) electrons. The van der Waals surface area contributed by atoms with Gasteiger partial charge >= 0.3 is 0 Å². The Balaban J connectivity index is 1.73. The Kier molecular flexibility index (Phi) is 4.74. The zero-order valence-electron chi connectivity index (χ0n) is 14.4. The van der Waals surface area contributed by atoms with Gasteiger partial charge in [-0.2, -0.15) is 5.10 Å². The molecule has 0 unspecified atom stereocenters. The number of amides is 2. The molecule has 2 N–H and O–H groups in total. The van der Waals surface area contributed by atoms with Crippen molar-refractivity contribution in [3.05, 3.63) is 41.6 Å². The van der Waals surface area contributed by atoms with Crippen molar-refractivity contribution in [3.63, 3.8) is 0 Å². The quantitative estimate of drug-likeness (QED) is 0.884. The Hall–Kier alpha value is -2.83. The van der Waals surface area contributed by atoms with Crippen molar-refractivity contribution in [1.82, 2.24) is 15.1 Å². The molecule has 1 aromatic carbocycles. The summed E-state index contributed by atoms with van der Waals surface area (Å²) in [6, 6.07) is 6.13. The van der Waals surface area contributed by atoms with Crippen LogP contribution in [0.4, 0.5) is 5.82 Å². The predicted molar refractivity (Wildman–Crippen MR) is 93.5 cm³/mol. The molecule has 3 rings (SSSR count). The van der Waals surface area contributed by atoms with E-state index >= 15 is 0 Å². The summed E-state index contributed by atoms with van der Waals surface area (Å²) in [5.74, 6) is -0.104. The number of nitrogens with zero attached hydrogens (tertiary/aromatic N) is 3. The minimum atomic E-state index is -0.617. The number of aromatic hydroxyl groups is 1. The van der Waals surface area contributed by atoms with Gasteiger partial charge in [-0.1, -0.05) is 13.0 Å². The number of hydrogen-bond donors (Lipinski definition) is 2. The average molecular weight is 342 g/mol. The Morgan fingerprint density at radius 2 is 2.20 bits per heavy atom. The number of phenols is 1. The second-order valence-electron chi connectivity index (χ2n) is 6.21. The van der Waals surface area contributed by atoms with E-state index in [1.807, 2.05) is 6.92 Å². The summed E-state index contributed by atoms with van der Waals surface area (Å²) < 4.78 is 1.64. The highest BCUT2D eigenvalue weighted by molar-refractivity contribution is 6.03. The number of phenolic OH excluding ortho intramolecular Hbond substituents is 1. The third kappa shape index (κ3) is 3.50. The summed E-state index contributed by atoms with van der Waals surface area (Å²) >= 11 is 0. The zero-order valence-corrected chi connectivity index (χ0v) is 14.4. The molecule has 1 atom stereocenters. The molecule has 132 valence electrons. The van der Waals surface area contributed by atoms with Crippen LogP contribution in [-0.2, 0) is 18.3 Å². The Labute approximate surface area is 146 Å². The number of hydrogen-bond acceptors (Lipinski definition) is 4. The van der Waals surface area contributed by atoms with Crippen LogP contribution in [0.3, 0.4) is 0 Å². The van der Waals surface area contributed by atoms with Gasteiger partial charge in [0.2, 0.25) is 0 Å². The standard InChI is InChI=1S/C18H22N4O3/c1-3-12-6-7-13(15(23)11-12)17(24)19-14-5-4-9-22(18(14)25)16-8-10-21(2)20-16/h6-8,10-11,14,23H,3-5,9H2,1-2H3,(H,19,24)/t14-/m1/s1. The third-order valence-corrected chi connectivity index (χ3v) is 4.44. The number of piperidine rings is 1. The maximum atomic E-state index is 12.7. The van der Waals surface area contributed by atoms with E-state index < -0.39 is 11.9 Å². The van der Waals surface area contributed by atoms with Gasteiger partial charge in [-0.15, -0.1) is 0 Å². The first-order valence-corrected chi connectivity index (χ1v) is 8.43. The number of aromatic nitrogens is 2. The number of benzene rings is 1. The lowest BCUT2D eigenvalue weighted by Gasteiger charge is -2.31. The fourth-order valence-electron chi connectivity index (χ4n) is 3.01. The van der Waals surface area contributed by atoms with E-state index in [-0.39, 0.29) is 17.2 Å². The molecule has 7 nitrogen and oxygen atoms in total. The van der Waals surface area contributed by atoms with Crippen LogP contribution in [0.1, 0.15) is 35.7 Å². The van der Waals surface area contributed by atoms with Crippen LogP contribution >= 0.6 is 0 Å². The number of carbonyl (C=O) groups is 2. The highest BCUT2D eigenvalue weighted by atomic mass is 16.3. The summed E-state index contributed by atoms with van der Waals surface area (Å²) in [7, 11) is 1.79. The fraction of sp³-hybridized carbons (Fsp3) is 0.389. The summed E-state index contributed by atoms with van der Waals surface area (Å²) in [5.41, 5.74) is 1.13. The van der Waals surface area contributed by atoms with Crippen LogP contribution in [0.5, 0.6) is 5.75 Å². The lowest BCUT2D eigenvalue weighted by molar-refractivity contribution is -0.121. The molecule has 0 bridgehead atoms.